The molecule has 0 aromatic carbocycles. The van der Waals surface area contributed by atoms with Gasteiger partial charge in [0.2, 0.25) is 0 Å². The van der Waals surface area contributed by atoms with E-state index < -0.39 is 5.97 Å². The molecule has 1 rings (SSSR count). The molecule has 2 amide bonds. The summed E-state index contributed by atoms with van der Waals surface area (Å²) in [4.78, 5) is 25.8. The Bertz CT molecular complexity index is 278. The van der Waals surface area contributed by atoms with Crippen LogP contribution < -0.4 is 10.6 Å². The zero-order chi connectivity index (χ0) is 13.9. The van der Waals surface area contributed by atoms with Crippen LogP contribution in [0.15, 0.2) is 0 Å². The molecule has 0 heterocycles. The topological polar surface area (TPSA) is 87.7 Å². The third-order valence-corrected chi connectivity index (χ3v) is 3.39. The second-order valence-electron chi connectivity index (χ2n) is 5.01. The molecule has 19 heavy (non-hydrogen) atoms. The van der Waals surface area contributed by atoms with Crippen molar-refractivity contribution < 1.29 is 19.7 Å². The number of hydrogen-bond donors (Lipinski definition) is 3. The minimum Gasteiger partial charge on any atom is -0.338 e. The van der Waals surface area contributed by atoms with Crippen LogP contribution in [-0.2, 0) is 9.68 Å². The molecule has 110 valence electrons. The van der Waals surface area contributed by atoms with Crippen molar-refractivity contribution in [3.05, 3.63) is 0 Å². The van der Waals surface area contributed by atoms with Gasteiger partial charge in [-0.3, -0.25) is 0 Å². The molecule has 0 aromatic heterocycles. The van der Waals surface area contributed by atoms with Crippen molar-refractivity contribution in [2.45, 2.75) is 63.8 Å². The van der Waals surface area contributed by atoms with Gasteiger partial charge in [0.15, 0.2) is 0 Å². The van der Waals surface area contributed by atoms with Crippen LogP contribution in [0, 0.1) is 0 Å². The van der Waals surface area contributed by atoms with Crippen LogP contribution in [0.25, 0.3) is 0 Å². The van der Waals surface area contributed by atoms with Crippen LogP contribution in [0.3, 0.4) is 0 Å². The van der Waals surface area contributed by atoms with E-state index in [2.05, 4.69) is 15.5 Å². The number of amides is 2. The summed E-state index contributed by atoms with van der Waals surface area (Å²) in [5.74, 6) is -0.608. The summed E-state index contributed by atoms with van der Waals surface area (Å²) in [7, 11) is 0. The van der Waals surface area contributed by atoms with Crippen molar-refractivity contribution in [1.82, 2.24) is 10.6 Å². The predicted molar refractivity (Wildman–Crippen MR) is 70.6 cm³/mol. The summed E-state index contributed by atoms with van der Waals surface area (Å²) in [5.41, 5.74) is 0. The molecule has 0 spiro atoms. The molecule has 1 saturated carbocycles. The van der Waals surface area contributed by atoms with Gasteiger partial charge in [0.1, 0.15) is 0 Å². The Hall–Kier alpha value is -1.30. The molecular formula is C13H24N2O4. The van der Waals surface area contributed by atoms with E-state index >= 15 is 0 Å². The molecule has 1 aliphatic rings. The van der Waals surface area contributed by atoms with Gasteiger partial charge in [-0.15, -0.1) is 0 Å². The van der Waals surface area contributed by atoms with E-state index in [9.17, 15) is 9.59 Å². The first kappa shape index (κ1) is 15.8. The minimum atomic E-state index is -0.608. The minimum absolute atomic E-state index is 0.0957. The van der Waals surface area contributed by atoms with Gasteiger partial charge in [-0.25, -0.2) is 9.59 Å². The summed E-state index contributed by atoms with van der Waals surface area (Å²) < 4.78 is 0. The van der Waals surface area contributed by atoms with Gasteiger partial charge in [-0.2, -0.15) is 5.26 Å². The highest BCUT2D eigenvalue weighted by atomic mass is 17.1. The fourth-order valence-electron chi connectivity index (χ4n) is 2.30. The number of unbranched alkanes of at least 4 members (excludes halogenated alkanes) is 2. The highest BCUT2D eigenvalue weighted by molar-refractivity contribution is 5.74. The van der Waals surface area contributed by atoms with Crippen molar-refractivity contribution >= 4 is 12.0 Å². The molecular weight excluding hydrogens is 248 g/mol. The lowest BCUT2D eigenvalue weighted by Gasteiger charge is -2.22. The Morgan fingerprint density at radius 3 is 2.53 bits per heavy atom. The Kier molecular flexibility index (Phi) is 7.97. The standard InChI is InChI=1S/C13H24N2O4/c16-12(19-18)9-5-2-6-10-14-13(17)15-11-7-3-1-4-8-11/h11,18H,1-10H2,(H2,14,15,17). The summed E-state index contributed by atoms with van der Waals surface area (Å²) in [6.45, 7) is 0.604. The molecule has 6 nitrogen and oxygen atoms in total. The maximum absolute atomic E-state index is 11.6. The fourth-order valence-corrected chi connectivity index (χ4v) is 2.30. The van der Waals surface area contributed by atoms with Crippen molar-refractivity contribution in [3.63, 3.8) is 0 Å². The average Bonchev–Trinajstić information content (AvgIpc) is 2.43. The number of carbonyl (C=O) groups excluding carboxylic acids is 2. The van der Waals surface area contributed by atoms with Crippen LogP contribution in [-0.4, -0.2) is 29.8 Å². The lowest BCUT2D eigenvalue weighted by atomic mass is 9.96. The summed E-state index contributed by atoms with van der Waals surface area (Å²) >= 11 is 0. The first-order valence-corrected chi connectivity index (χ1v) is 7.11. The summed E-state index contributed by atoms with van der Waals surface area (Å²) in [6, 6.07) is 0.231. The molecule has 3 N–H and O–H groups in total. The van der Waals surface area contributed by atoms with Crippen molar-refractivity contribution in [1.29, 1.82) is 0 Å². The van der Waals surface area contributed by atoms with E-state index in [-0.39, 0.29) is 12.5 Å². The Morgan fingerprint density at radius 1 is 1.11 bits per heavy atom. The highest BCUT2D eigenvalue weighted by Crippen LogP contribution is 2.17. The second-order valence-corrected chi connectivity index (χ2v) is 5.01. The van der Waals surface area contributed by atoms with Crippen LogP contribution in [0.5, 0.6) is 0 Å². The molecule has 0 bridgehead atoms. The van der Waals surface area contributed by atoms with E-state index in [1.807, 2.05) is 0 Å². The maximum Gasteiger partial charge on any atom is 0.342 e. The fraction of sp³-hybridized carbons (Fsp3) is 0.846. The Morgan fingerprint density at radius 2 is 1.84 bits per heavy atom. The van der Waals surface area contributed by atoms with Crippen molar-refractivity contribution in [2.24, 2.45) is 0 Å². The third-order valence-electron chi connectivity index (χ3n) is 3.39. The molecule has 0 radical (unpaired) electrons. The van der Waals surface area contributed by atoms with Gasteiger partial charge in [-0.05, 0) is 25.7 Å². The quantitative estimate of drug-likeness (QED) is 0.376. The van der Waals surface area contributed by atoms with E-state index in [4.69, 9.17) is 5.26 Å². The smallest absolute Gasteiger partial charge is 0.338 e. The summed E-state index contributed by atoms with van der Waals surface area (Å²) in [6.07, 6.45) is 8.34. The van der Waals surface area contributed by atoms with E-state index in [1.165, 1.54) is 19.3 Å². The number of urea groups is 1. The number of rotatable bonds is 7. The van der Waals surface area contributed by atoms with Gasteiger partial charge in [0.25, 0.3) is 0 Å². The van der Waals surface area contributed by atoms with Crippen LogP contribution in [0.1, 0.15) is 57.8 Å². The highest BCUT2D eigenvalue weighted by Gasteiger charge is 2.14. The second kappa shape index (κ2) is 9.61. The third kappa shape index (κ3) is 7.66. The van der Waals surface area contributed by atoms with E-state index in [0.29, 0.717) is 19.0 Å². The van der Waals surface area contributed by atoms with Gasteiger partial charge in [0, 0.05) is 19.0 Å². The summed E-state index contributed by atoms with van der Waals surface area (Å²) in [5, 5.41) is 13.8. The van der Waals surface area contributed by atoms with Gasteiger partial charge >= 0.3 is 12.0 Å². The first-order valence-electron chi connectivity index (χ1n) is 7.11. The van der Waals surface area contributed by atoms with Crippen molar-refractivity contribution in [3.8, 4) is 0 Å². The molecule has 0 aliphatic heterocycles. The molecule has 1 fully saturated rings. The molecule has 1 aliphatic carbocycles. The van der Waals surface area contributed by atoms with Crippen LogP contribution >= 0.6 is 0 Å². The molecule has 0 aromatic rings. The Labute approximate surface area is 113 Å². The lowest BCUT2D eigenvalue weighted by Crippen LogP contribution is -2.43. The van der Waals surface area contributed by atoms with E-state index in [0.717, 1.165) is 25.7 Å². The molecule has 0 saturated heterocycles. The molecule has 0 unspecified atom stereocenters. The largest absolute Gasteiger partial charge is 0.342 e. The van der Waals surface area contributed by atoms with E-state index in [1.54, 1.807) is 0 Å². The zero-order valence-corrected chi connectivity index (χ0v) is 11.3. The Balaban J connectivity index is 1.93. The van der Waals surface area contributed by atoms with Gasteiger partial charge in [0.05, 0.1) is 0 Å². The van der Waals surface area contributed by atoms with Crippen LogP contribution in [0.4, 0.5) is 4.79 Å². The maximum atomic E-state index is 11.6. The SMILES string of the molecule is O=C(NCCCCCC(=O)OO)NC1CCCCC1. The molecule has 6 heteroatoms. The predicted octanol–water partition coefficient (Wildman–Crippen LogP) is 2.19. The first-order chi connectivity index (χ1) is 9.22. The number of nitrogens with one attached hydrogen (secondary N) is 2. The number of carbonyl (C=O) groups is 2. The van der Waals surface area contributed by atoms with Crippen molar-refractivity contribution in [2.75, 3.05) is 6.54 Å². The lowest BCUT2D eigenvalue weighted by molar-refractivity contribution is -0.234. The van der Waals surface area contributed by atoms with Crippen LogP contribution in [0.2, 0.25) is 0 Å². The monoisotopic (exact) mass is 272 g/mol. The molecule has 0 atom stereocenters. The normalized spacial score (nSPS) is 15.8. The number of hydrogen-bond acceptors (Lipinski definition) is 4. The van der Waals surface area contributed by atoms with Gasteiger partial charge < -0.3 is 15.5 Å². The zero-order valence-electron chi connectivity index (χ0n) is 11.3. The van der Waals surface area contributed by atoms with Gasteiger partial charge in [-0.1, -0.05) is 25.7 Å². The average molecular weight is 272 g/mol.